The van der Waals surface area contributed by atoms with Crippen molar-refractivity contribution < 1.29 is 4.79 Å². The molecule has 0 unspecified atom stereocenters. The van der Waals surface area contributed by atoms with E-state index in [0.29, 0.717) is 24.3 Å². The van der Waals surface area contributed by atoms with E-state index in [1.54, 1.807) is 11.4 Å². The van der Waals surface area contributed by atoms with Gasteiger partial charge in [0.05, 0.1) is 5.69 Å². The van der Waals surface area contributed by atoms with Gasteiger partial charge in [-0.2, -0.15) is 9.61 Å². The summed E-state index contributed by atoms with van der Waals surface area (Å²) in [6.07, 6.45) is 6.06. The first kappa shape index (κ1) is 41.7. The Hall–Kier alpha value is -9.03. The van der Waals surface area contributed by atoms with Crippen molar-refractivity contribution in [2.24, 2.45) is 0 Å². The minimum absolute atomic E-state index is 0.203. The van der Waals surface area contributed by atoms with Gasteiger partial charge in [-0.15, -0.1) is 21.7 Å². The summed E-state index contributed by atoms with van der Waals surface area (Å²) in [7, 11) is 0. The molecule has 0 saturated carbocycles. The van der Waals surface area contributed by atoms with Gasteiger partial charge in [0, 0.05) is 79.5 Å². The van der Waals surface area contributed by atoms with Crippen molar-refractivity contribution in [1.82, 2.24) is 34.5 Å². The monoisotopic (exact) mass is 748 g/mol. The lowest BCUT2D eigenvalue weighted by Crippen LogP contribution is -2.48. The SMILES string of the molecule is C#CC#CC#CC#CC#CC#CC#CC#CC#CC#CC#CC#CC.Cc1nn(-c2ccc3nnc(C)n3n2)c(C)c1CCC(=O)N1CCN(c2ccccc2)CC1. The summed E-state index contributed by atoms with van der Waals surface area (Å²) >= 11 is 0. The van der Waals surface area contributed by atoms with Crippen molar-refractivity contribution in [3.63, 3.8) is 0 Å². The lowest BCUT2D eigenvalue weighted by molar-refractivity contribution is -0.131. The van der Waals surface area contributed by atoms with Crippen molar-refractivity contribution >= 4 is 17.2 Å². The summed E-state index contributed by atoms with van der Waals surface area (Å²) in [6, 6.07) is 14.2. The van der Waals surface area contributed by atoms with Gasteiger partial charge in [-0.3, -0.25) is 4.79 Å². The molecule has 1 aliphatic rings. The van der Waals surface area contributed by atoms with Crippen LogP contribution in [0.5, 0.6) is 0 Å². The van der Waals surface area contributed by atoms with Crippen LogP contribution in [0.15, 0.2) is 42.5 Å². The normalized spacial score (nSPS) is 9.78. The summed E-state index contributed by atoms with van der Waals surface area (Å²) in [5.74, 6) is 58.5. The van der Waals surface area contributed by atoms with E-state index < -0.39 is 0 Å². The van der Waals surface area contributed by atoms with Gasteiger partial charge in [0.1, 0.15) is 0 Å². The molecule has 3 aromatic heterocycles. The Morgan fingerprint density at radius 2 is 1.16 bits per heavy atom. The molecule has 4 heterocycles. The number of carbonyl (C=O) groups excluding carboxylic acids is 1. The van der Waals surface area contributed by atoms with E-state index in [1.165, 1.54) is 5.69 Å². The molecule has 0 spiro atoms. The lowest BCUT2D eigenvalue weighted by Gasteiger charge is -2.36. The Labute approximate surface area is 340 Å². The number of carbonyl (C=O) groups is 1. The van der Waals surface area contributed by atoms with Crippen molar-refractivity contribution in [2.45, 2.75) is 40.5 Å². The number of nitrogens with zero attached hydrogens (tertiary/aromatic N) is 8. The Morgan fingerprint density at radius 3 is 1.67 bits per heavy atom. The van der Waals surface area contributed by atoms with Crippen molar-refractivity contribution in [3.8, 4) is 148 Å². The Balaban J connectivity index is 0.000000269. The molecule has 0 radical (unpaired) electrons. The molecule has 1 fully saturated rings. The Bertz CT molecular complexity index is 2950. The highest BCUT2D eigenvalue weighted by Gasteiger charge is 2.22. The largest absolute Gasteiger partial charge is 0.368 e. The second-order valence-electron chi connectivity index (χ2n) is 11.5. The molecule has 4 aromatic rings. The van der Waals surface area contributed by atoms with Gasteiger partial charge < -0.3 is 9.80 Å². The number of para-hydroxylation sites is 1. The number of aryl methyl sites for hydroxylation is 2. The first-order valence-corrected chi connectivity index (χ1v) is 17.6. The molecule has 1 aliphatic heterocycles. The Kier molecular flexibility index (Phi) is 17.0. The molecule has 5 rings (SSSR count). The van der Waals surface area contributed by atoms with Crippen LogP contribution in [0.25, 0.3) is 11.5 Å². The zero-order chi connectivity index (χ0) is 41.2. The highest BCUT2D eigenvalue weighted by atomic mass is 16.2. The Morgan fingerprint density at radius 1 is 0.638 bits per heavy atom. The van der Waals surface area contributed by atoms with Gasteiger partial charge in [0.2, 0.25) is 5.91 Å². The lowest BCUT2D eigenvalue weighted by atomic mass is 10.1. The number of hydrogen-bond acceptors (Lipinski definition) is 6. The number of fused-ring (bicyclic) bond motifs is 1. The first-order valence-electron chi connectivity index (χ1n) is 17.6. The van der Waals surface area contributed by atoms with Crippen LogP contribution in [-0.2, 0) is 11.2 Å². The van der Waals surface area contributed by atoms with E-state index >= 15 is 0 Å². The first-order chi connectivity index (χ1) is 28.4. The summed E-state index contributed by atoms with van der Waals surface area (Å²) < 4.78 is 3.55. The summed E-state index contributed by atoms with van der Waals surface area (Å²) in [5, 5.41) is 17.5. The predicted octanol–water partition coefficient (Wildman–Crippen LogP) is 3.19. The van der Waals surface area contributed by atoms with Gasteiger partial charge in [-0.1, -0.05) is 24.1 Å². The molecule has 1 amide bonds. The van der Waals surface area contributed by atoms with E-state index in [1.807, 2.05) is 48.6 Å². The highest BCUT2D eigenvalue weighted by molar-refractivity contribution is 5.77. The third-order valence-electron chi connectivity index (χ3n) is 7.85. The molecule has 0 aliphatic carbocycles. The molecule has 9 heteroatoms. The second kappa shape index (κ2) is 23.6. The van der Waals surface area contributed by atoms with Crippen LogP contribution >= 0.6 is 0 Å². The zero-order valence-corrected chi connectivity index (χ0v) is 32.3. The zero-order valence-electron chi connectivity index (χ0n) is 32.3. The number of rotatable bonds is 5. The second-order valence-corrected chi connectivity index (χ2v) is 11.5. The van der Waals surface area contributed by atoms with Crippen LogP contribution < -0.4 is 4.90 Å². The molecule has 0 atom stereocenters. The molecule has 274 valence electrons. The molecule has 1 aromatic carbocycles. The van der Waals surface area contributed by atoms with E-state index in [2.05, 4.69) is 181 Å². The minimum atomic E-state index is 0.203. The number of amides is 1. The van der Waals surface area contributed by atoms with E-state index in [9.17, 15) is 4.79 Å². The quantitative estimate of drug-likeness (QED) is 0.292. The predicted molar refractivity (Wildman–Crippen MR) is 226 cm³/mol. The van der Waals surface area contributed by atoms with Gasteiger partial charge in [0.15, 0.2) is 17.3 Å². The molecular weight excluding hydrogens is 717 g/mol. The van der Waals surface area contributed by atoms with Crippen LogP contribution in [0.4, 0.5) is 5.69 Å². The third kappa shape index (κ3) is 13.4. The number of terminal acetylenes is 1. The number of hydrogen-bond donors (Lipinski definition) is 0. The van der Waals surface area contributed by atoms with Gasteiger partial charge in [0.25, 0.3) is 0 Å². The smallest absolute Gasteiger partial charge is 0.223 e. The molecule has 0 N–H and O–H groups in total. The standard InChI is InChI=1S/C25H4.C24H28N8O/c1-3-5-7-9-11-13-15-17-19-21-23-25-24-22-20-18-16-14-12-10-8-6-4-2;1-17-21(18(2)31(27-17)23-11-10-22-26-25-19(3)32(22)28-23)9-12-24(33)30-15-13-29(14-16-30)20-7-5-4-6-8-20/h1H,2H3;4-8,10-11H,9,12-16H2,1-3H3. The molecular formula is C49H32N8O. The van der Waals surface area contributed by atoms with Crippen LogP contribution in [0.2, 0.25) is 0 Å². The van der Waals surface area contributed by atoms with E-state index in [0.717, 1.165) is 49.0 Å². The summed E-state index contributed by atoms with van der Waals surface area (Å²) in [4.78, 5) is 17.2. The number of piperazine rings is 1. The summed E-state index contributed by atoms with van der Waals surface area (Å²) in [5.41, 5.74) is 4.96. The maximum Gasteiger partial charge on any atom is 0.223 e. The average Bonchev–Trinajstić information content (AvgIpc) is 3.77. The maximum absolute atomic E-state index is 12.9. The summed E-state index contributed by atoms with van der Waals surface area (Å²) in [6.45, 7) is 10.8. The van der Waals surface area contributed by atoms with Crippen molar-refractivity contribution in [3.05, 3.63) is 65.2 Å². The fourth-order valence-electron chi connectivity index (χ4n) is 5.19. The van der Waals surface area contributed by atoms with Crippen LogP contribution in [0.3, 0.4) is 0 Å². The van der Waals surface area contributed by atoms with Crippen LogP contribution in [0, 0.1) is 163 Å². The van der Waals surface area contributed by atoms with Gasteiger partial charge in [-0.05, 0) is 159 Å². The molecule has 0 bridgehead atoms. The molecule has 9 nitrogen and oxygen atoms in total. The molecule has 58 heavy (non-hydrogen) atoms. The number of anilines is 1. The van der Waals surface area contributed by atoms with E-state index in [4.69, 9.17) is 11.5 Å². The van der Waals surface area contributed by atoms with Crippen LogP contribution in [0.1, 0.15) is 36.1 Å². The maximum atomic E-state index is 12.9. The van der Waals surface area contributed by atoms with Gasteiger partial charge >= 0.3 is 0 Å². The van der Waals surface area contributed by atoms with E-state index in [-0.39, 0.29) is 5.91 Å². The number of benzene rings is 1. The number of aromatic nitrogens is 6. The minimum Gasteiger partial charge on any atom is -0.368 e. The molecule has 1 saturated heterocycles. The highest BCUT2D eigenvalue weighted by Crippen LogP contribution is 2.20. The fraction of sp³-hybridized carbons (Fsp3) is 0.204. The van der Waals surface area contributed by atoms with Crippen molar-refractivity contribution in [2.75, 3.05) is 31.1 Å². The fourth-order valence-corrected chi connectivity index (χ4v) is 5.19. The van der Waals surface area contributed by atoms with Crippen molar-refractivity contribution in [1.29, 1.82) is 0 Å². The average molecular weight is 749 g/mol. The van der Waals surface area contributed by atoms with Gasteiger partial charge in [-0.25, -0.2) is 4.68 Å². The topological polar surface area (TPSA) is 84.4 Å². The van der Waals surface area contributed by atoms with Crippen LogP contribution in [-0.4, -0.2) is 66.6 Å². The third-order valence-corrected chi connectivity index (χ3v) is 7.85.